The van der Waals surface area contributed by atoms with Crippen LogP contribution in [0.3, 0.4) is 0 Å². The highest BCUT2D eigenvalue weighted by Crippen LogP contribution is 2.28. The summed E-state index contributed by atoms with van der Waals surface area (Å²) in [4.78, 5) is 9.90. The average Bonchev–Trinajstić information content (AvgIpc) is 2.85. The summed E-state index contributed by atoms with van der Waals surface area (Å²) in [5.74, 6) is 1.37. The first-order chi connectivity index (χ1) is 8.85. The molecule has 0 saturated heterocycles. The molecule has 0 amide bonds. The molecule has 0 aliphatic carbocycles. The molecule has 18 heavy (non-hydrogen) atoms. The molecule has 0 radical (unpaired) electrons. The van der Waals surface area contributed by atoms with Crippen LogP contribution in [0.4, 0.5) is 5.95 Å². The summed E-state index contributed by atoms with van der Waals surface area (Å²) in [5, 5.41) is 6.25. The largest absolute Gasteiger partial charge is 0.477 e. The normalized spacial score (nSPS) is 10.8. The van der Waals surface area contributed by atoms with E-state index in [1.54, 1.807) is 11.3 Å². The third kappa shape index (κ3) is 3.10. The number of anilines is 1. The lowest BCUT2D eigenvalue weighted by molar-refractivity contribution is 0.302. The number of hydrogen-bond acceptors (Lipinski definition) is 5. The van der Waals surface area contributed by atoms with Gasteiger partial charge in [0.2, 0.25) is 11.8 Å². The molecule has 1 N–H and O–H groups in total. The SMILES string of the molecule is CCCCOc1nc(NCCC)nc2sccc12. The maximum Gasteiger partial charge on any atom is 0.227 e. The van der Waals surface area contributed by atoms with E-state index in [0.717, 1.165) is 36.0 Å². The van der Waals surface area contributed by atoms with Gasteiger partial charge >= 0.3 is 0 Å². The van der Waals surface area contributed by atoms with Gasteiger partial charge in [0.05, 0.1) is 12.0 Å². The predicted octanol–water partition coefficient (Wildman–Crippen LogP) is 3.69. The van der Waals surface area contributed by atoms with E-state index in [9.17, 15) is 0 Å². The van der Waals surface area contributed by atoms with Crippen LogP contribution in [0, 0.1) is 0 Å². The minimum absolute atomic E-state index is 0.665. The van der Waals surface area contributed by atoms with Gasteiger partial charge < -0.3 is 10.1 Å². The molecule has 4 nitrogen and oxygen atoms in total. The van der Waals surface area contributed by atoms with Gasteiger partial charge in [0.15, 0.2) is 0 Å². The van der Waals surface area contributed by atoms with Crippen molar-refractivity contribution in [3.8, 4) is 5.88 Å². The number of ether oxygens (including phenoxy) is 1. The Hall–Kier alpha value is -1.36. The van der Waals surface area contributed by atoms with E-state index in [1.807, 2.05) is 11.4 Å². The molecule has 0 fully saturated rings. The van der Waals surface area contributed by atoms with E-state index in [-0.39, 0.29) is 0 Å². The number of thiophene rings is 1. The summed E-state index contributed by atoms with van der Waals surface area (Å²) in [6, 6.07) is 2.02. The molecule has 0 bridgehead atoms. The molecule has 0 saturated carbocycles. The van der Waals surface area contributed by atoms with E-state index >= 15 is 0 Å². The standard InChI is InChI=1S/C13H19N3OS/c1-3-5-8-17-11-10-6-9-18-12(10)16-13(15-11)14-7-4-2/h6,9H,3-5,7-8H2,1-2H3,(H,14,15,16). The fourth-order valence-corrected chi connectivity index (χ4v) is 2.32. The number of unbranched alkanes of at least 4 members (excludes halogenated alkanes) is 1. The molecule has 2 aromatic heterocycles. The Morgan fingerprint density at radius 1 is 1.28 bits per heavy atom. The Morgan fingerprint density at radius 3 is 2.94 bits per heavy atom. The highest BCUT2D eigenvalue weighted by atomic mass is 32.1. The molecule has 0 atom stereocenters. The van der Waals surface area contributed by atoms with Gasteiger partial charge in [0, 0.05) is 6.54 Å². The van der Waals surface area contributed by atoms with Crippen LogP contribution >= 0.6 is 11.3 Å². The van der Waals surface area contributed by atoms with E-state index in [2.05, 4.69) is 29.1 Å². The second-order valence-corrected chi connectivity index (χ2v) is 5.02. The highest BCUT2D eigenvalue weighted by Gasteiger charge is 2.09. The summed E-state index contributed by atoms with van der Waals surface area (Å²) >= 11 is 1.62. The summed E-state index contributed by atoms with van der Waals surface area (Å²) in [7, 11) is 0. The van der Waals surface area contributed by atoms with Gasteiger partial charge in [0.1, 0.15) is 4.83 Å². The topological polar surface area (TPSA) is 47.0 Å². The van der Waals surface area contributed by atoms with Crippen molar-refractivity contribution in [2.24, 2.45) is 0 Å². The maximum atomic E-state index is 5.75. The Morgan fingerprint density at radius 2 is 2.17 bits per heavy atom. The first-order valence-electron chi connectivity index (χ1n) is 6.47. The maximum absolute atomic E-state index is 5.75. The first-order valence-corrected chi connectivity index (χ1v) is 7.35. The third-order valence-corrected chi connectivity index (χ3v) is 3.37. The first kappa shape index (κ1) is 13.1. The molecule has 5 heteroatoms. The molecule has 0 unspecified atom stereocenters. The van der Waals surface area contributed by atoms with Crippen LogP contribution in [0.25, 0.3) is 10.2 Å². The van der Waals surface area contributed by atoms with Crippen LogP contribution in [0.2, 0.25) is 0 Å². The molecular formula is C13H19N3OS. The van der Waals surface area contributed by atoms with Crippen LogP contribution < -0.4 is 10.1 Å². The monoisotopic (exact) mass is 265 g/mol. The van der Waals surface area contributed by atoms with Gasteiger partial charge in [-0.25, -0.2) is 4.98 Å². The Kier molecular flexibility index (Phi) is 4.75. The quantitative estimate of drug-likeness (QED) is 0.776. The van der Waals surface area contributed by atoms with E-state index in [0.29, 0.717) is 18.4 Å². The van der Waals surface area contributed by atoms with Crippen molar-refractivity contribution in [3.63, 3.8) is 0 Å². The molecule has 2 rings (SSSR count). The van der Waals surface area contributed by atoms with E-state index in [1.165, 1.54) is 0 Å². The van der Waals surface area contributed by atoms with Gasteiger partial charge in [-0.1, -0.05) is 20.3 Å². The Bertz CT molecular complexity index is 498. The van der Waals surface area contributed by atoms with Gasteiger partial charge in [-0.2, -0.15) is 4.98 Å². The third-order valence-electron chi connectivity index (χ3n) is 2.56. The lowest BCUT2D eigenvalue weighted by Gasteiger charge is -2.08. The number of hydrogen-bond donors (Lipinski definition) is 1. The minimum Gasteiger partial charge on any atom is -0.477 e. The zero-order valence-electron chi connectivity index (χ0n) is 10.9. The van der Waals surface area contributed by atoms with Crippen molar-refractivity contribution in [1.29, 1.82) is 0 Å². The Balaban J connectivity index is 2.21. The number of fused-ring (bicyclic) bond motifs is 1. The number of nitrogens with one attached hydrogen (secondary N) is 1. The molecular weight excluding hydrogens is 246 g/mol. The molecule has 2 aromatic rings. The number of rotatable bonds is 7. The van der Waals surface area contributed by atoms with Crippen LogP contribution in [-0.2, 0) is 0 Å². The van der Waals surface area contributed by atoms with Crippen molar-refractivity contribution in [3.05, 3.63) is 11.4 Å². The van der Waals surface area contributed by atoms with Gasteiger partial charge in [-0.3, -0.25) is 0 Å². The number of nitrogens with zero attached hydrogens (tertiary/aromatic N) is 2. The molecule has 0 aromatic carbocycles. The lowest BCUT2D eigenvalue weighted by Crippen LogP contribution is -2.06. The van der Waals surface area contributed by atoms with Gasteiger partial charge in [-0.05, 0) is 24.3 Å². The highest BCUT2D eigenvalue weighted by molar-refractivity contribution is 7.16. The molecule has 0 spiro atoms. The van der Waals surface area contributed by atoms with Crippen LogP contribution in [-0.4, -0.2) is 23.1 Å². The van der Waals surface area contributed by atoms with E-state index in [4.69, 9.17) is 4.74 Å². The van der Waals surface area contributed by atoms with Crippen molar-refractivity contribution in [2.45, 2.75) is 33.1 Å². The zero-order chi connectivity index (χ0) is 12.8. The van der Waals surface area contributed by atoms with Crippen LogP contribution in [0.15, 0.2) is 11.4 Å². The van der Waals surface area contributed by atoms with Crippen molar-refractivity contribution >= 4 is 27.5 Å². The molecule has 0 aliphatic heterocycles. The Labute approximate surface area is 111 Å². The minimum atomic E-state index is 0.665. The molecule has 2 heterocycles. The summed E-state index contributed by atoms with van der Waals surface area (Å²) in [5.41, 5.74) is 0. The van der Waals surface area contributed by atoms with E-state index < -0.39 is 0 Å². The summed E-state index contributed by atoms with van der Waals surface area (Å²) in [6.45, 7) is 5.87. The number of aromatic nitrogens is 2. The summed E-state index contributed by atoms with van der Waals surface area (Å²) in [6.07, 6.45) is 3.23. The fraction of sp³-hybridized carbons (Fsp3) is 0.538. The van der Waals surface area contributed by atoms with Crippen LogP contribution in [0.5, 0.6) is 5.88 Å². The second kappa shape index (κ2) is 6.54. The summed E-state index contributed by atoms with van der Waals surface area (Å²) < 4.78 is 5.75. The predicted molar refractivity (Wildman–Crippen MR) is 76.6 cm³/mol. The average molecular weight is 265 g/mol. The van der Waals surface area contributed by atoms with Crippen molar-refractivity contribution in [2.75, 3.05) is 18.5 Å². The van der Waals surface area contributed by atoms with Crippen molar-refractivity contribution < 1.29 is 4.74 Å². The molecule has 98 valence electrons. The smallest absolute Gasteiger partial charge is 0.227 e. The fourth-order valence-electron chi connectivity index (χ4n) is 1.57. The lowest BCUT2D eigenvalue weighted by atomic mass is 10.3. The van der Waals surface area contributed by atoms with Gasteiger partial charge in [-0.15, -0.1) is 11.3 Å². The van der Waals surface area contributed by atoms with Crippen LogP contribution in [0.1, 0.15) is 33.1 Å². The second-order valence-electron chi connectivity index (χ2n) is 4.12. The molecule has 0 aliphatic rings. The van der Waals surface area contributed by atoms with Gasteiger partial charge in [0.25, 0.3) is 0 Å². The zero-order valence-corrected chi connectivity index (χ0v) is 11.7. The van der Waals surface area contributed by atoms with Crippen molar-refractivity contribution in [1.82, 2.24) is 9.97 Å².